The van der Waals surface area contributed by atoms with Gasteiger partial charge in [-0.25, -0.2) is 4.39 Å². The average Bonchev–Trinajstić information content (AvgIpc) is 2.47. The summed E-state index contributed by atoms with van der Waals surface area (Å²) in [6, 6.07) is 9.10. The third kappa shape index (κ3) is 3.26. The highest BCUT2D eigenvalue weighted by atomic mass is 19.1. The number of aryl methyl sites for hydroxylation is 1. The number of hydrogen-bond acceptors (Lipinski definition) is 3. The number of benzene rings is 1. The van der Waals surface area contributed by atoms with Crippen molar-refractivity contribution in [3.8, 4) is 5.75 Å². The fourth-order valence-electron chi connectivity index (χ4n) is 2.09. The summed E-state index contributed by atoms with van der Waals surface area (Å²) < 4.78 is 18.1. The van der Waals surface area contributed by atoms with Crippen molar-refractivity contribution in [3.63, 3.8) is 0 Å². The third-order valence-electron chi connectivity index (χ3n) is 3.28. The van der Waals surface area contributed by atoms with Crippen molar-refractivity contribution in [2.75, 3.05) is 12.4 Å². The van der Waals surface area contributed by atoms with Gasteiger partial charge in [0.1, 0.15) is 11.6 Å². The summed E-state index contributed by atoms with van der Waals surface area (Å²) in [5.74, 6) is 0.519. The largest absolute Gasteiger partial charge is 0.497 e. The van der Waals surface area contributed by atoms with Crippen molar-refractivity contribution in [2.24, 2.45) is 0 Å². The lowest BCUT2D eigenvalue weighted by molar-refractivity contribution is 0.414. The van der Waals surface area contributed by atoms with E-state index in [0.717, 1.165) is 29.1 Å². The summed E-state index contributed by atoms with van der Waals surface area (Å²) in [5, 5.41) is 3.44. The second-order valence-corrected chi connectivity index (χ2v) is 4.69. The highest BCUT2D eigenvalue weighted by Gasteiger charge is 2.12. The first-order valence-corrected chi connectivity index (χ1v) is 6.66. The Morgan fingerprint density at radius 2 is 2.10 bits per heavy atom. The van der Waals surface area contributed by atoms with Crippen LogP contribution in [-0.2, 0) is 0 Å². The van der Waals surface area contributed by atoms with Crippen molar-refractivity contribution in [1.29, 1.82) is 0 Å². The quantitative estimate of drug-likeness (QED) is 0.891. The maximum absolute atomic E-state index is 12.9. The van der Waals surface area contributed by atoms with Gasteiger partial charge in [-0.15, -0.1) is 0 Å². The van der Waals surface area contributed by atoms with Crippen LogP contribution in [0.15, 0.2) is 36.5 Å². The molecule has 0 aliphatic carbocycles. The van der Waals surface area contributed by atoms with Gasteiger partial charge >= 0.3 is 0 Å². The predicted octanol–water partition coefficient (Wildman–Crippen LogP) is 4.10. The summed E-state index contributed by atoms with van der Waals surface area (Å²) in [4.78, 5) is 4.15. The lowest BCUT2D eigenvalue weighted by Crippen LogP contribution is -2.12. The number of aromatic nitrogens is 1. The van der Waals surface area contributed by atoms with Crippen LogP contribution in [0.4, 0.5) is 10.1 Å². The topological polar surface area (TPSA) is 34.1 Å². The first kappa shape index (κ1) is 14.3. The fraction of sp³-hybridized carbons (Fsp3) is 0.312. The first-order valence-electron chi connectivity index (χ1n) is 6.66. The number of rotatable bonds is 5. The van der Waals surface area contributed by atoms with Crippen LogP contribution in [0.3, 0.4) is 0 Å². The van der Waals surface area contributed by atoms with Gasteiger partial charge in [0, 0.05) is 5.69 Å². The van der Waals surface area contributed by atoms with Gasteiger partial charge in [0.15, 0.2) is 0 Å². The third-order valence-corrected chi connectivity index (χ3v) is 3.28. The maximum atomic E-state index is 12.9. The fourth-order valence-corrected chi connectivity index (χ4v) is 2.09. The van der Waals surface area contributed by atoms with E-state index in [2.05, 4.69) is 17.2 Å². The molecule has 0 saturated carbocycles. The molecule has 2 aromatic rings. The van der Waals surface area contributed by atoms with Crippen LogP contribution in [0.1, 0.15) is 30.6 Å². The lowest BCUT2D eigenvalue weighted by atomic mass is 10.1. The highest BCUT2D eigenvalue weighted by molar-refractivity contribution is 5.54. The Morgan fingerprint density at radius 3 is 2.65 bits per heavy atom. The van der Waals surface area contributed by atoms with Gasteiger partial charge in [-0.3, -0.25) is 4.98 Å². The van der Waals surface area contributed by atoms with E-state index in [1.54, 1.807) is 13.2 Å². The molecule has 0 amide bonds. The summed E-state index contributed by atoms with van der Waals surface area (Å²) >= 11 is 0. The first-order chi connectivity index (χ1) is 9.63. The molecule has 0 fully saturated rings. The number of methoxy groups -OCH3 is 1. The Morgan fingerprint density at radius 1 is 1.30 bits per heavy atom. The molecule has 2 rings (SSSR count). The smallest absolute Gasteiger partial charge is 0.141 e. The zero-order valence-electron chi connectivity index (χ0n) is 12.0. The van der Waals surface area contributed by atoms with E-state index in [0.29, 0.717) is 0 Å². The van der Waals surface area contributed by atoms with Crippen molar-refractivity contribution in [2.45, 2.75) is 26.3 Å². The normalized spacial score (nSPS) is 12.0. The van der Waals surface area contributed by atoms with Gasteiger partial charge in [-0.1, -0.05) is 6.92 Å². The molecule has 1 aromatic heterocycles. The summed E-state index contributed by atoms with van der Waals surface area (Å²) in [6.07, 6.45) is 2.12. The van der Waals surface area contributed by atoms with Crippen molar-refractivity contribution < 1.29 is 9.13 Å². The Hall–Kier alpha value is -2.10. The van der Waals surface area contributed by atoms with Crippen LogP contribution in [0.5, 0.6) is 5.75 Å². The van der Waals surface area contributed by atoms with Gasteiger partial charge in [0.05, 0.1) is 25.0 Å². The Balaban J connectivity index is 2.20. The Bertz CT molecular complexity index is 569. The minimum Gasteiger partial charge on any atom is -0.497 e. The number of ether oxygens (including phenoxy) is 1. The SMILES string of the molecule is CCC(Nc1ccc(OC)cc1C)c1ccc(F)cn1. The van der Waals surface area contributed by atoms with Crippen molar-refractivity contribution >= 4 is 5.69 Å². The predicted molar refractivity (Wildman–Crippen MR) is 78.6 cm³/mol. The van der Waals surface area contributed by atoms with E-state index in [9.17, 15) is 4.39 Å². The van der Waals surface area contributed by atoms with Crippen LogP contribution in [0.2, 0.25) is 0 Å². The number of nitrogens with one attached hydrogen (secondary N) is 1. The molecule has 0 aliphatic rings. The van der Waals surface area contributed by atoms with Gasteiger partial charge in [-0.2, -0.15) is 0 Å². The Labute approximate surface area is 118 Å². The molecule has 1 heterocycles. The van der Waals surface area contributed by atoms with Gasteiger partial charge in [0.25, 0.3) is 0 Å². The van der Waals surface area contributed by atoms with E-state index in [1.165, 1.54) is 12.3 Å². The summed E-state index contributed by atoms with van der Waals surface area (Å²) in [5.41, 5.74) is 2.97. The van der Waals surface area contributed by atoms with E-state index in [1.807, 2.05) is 25.1 Å². The minimum atomic E-state index is -0.316. The van der Waals surface area contributed by atoms with E-state index in [-0.39, 0.29) is 11.9 Å². The summed E-state index contributed by atoms with van der Waals surface area (Å²) in [7, 11) is 1.65. The number of nitrogens with zero attached hydrogens (tertiary/aromatic N) is 1. The van der Waals surface area contributed by atoms with Crippen LogP contribution >= 0.6 is 0 Å². The molecule has 0 aliphatic heterocycles. The van der Waals surface area contributed by atoms with Crippen molar-refractivity contribution in [3.05, 3.63) is 53.6 Å². The van der Waals surface area contributed by atoms with Crippen molar-refractivity contribution in [1.82, 2.24) is 4.98 Å². The van der Waals surface area contributed by atoms with Crippen LogP contribution in [0, 0.1) is 12.7 Å². The van der Waals surface area contributed by atoms with E-state index < -0.39 is 0 Å². The molecule has 1 unspecified atom stereocenters. The molecule has 20 heavy (non-hydrogen) atoms. The zero-order chi connectivity index (χ0) is 14.5. The molecular formula is C16H19FN2O. The molecule has 0 radical (unpaired) electrons. The molecule has 0 spiro atoms. The number of hydrogen-bond donors (Lipinski definition) is 1. The minimum absolute atomic E-state index is 0.0581. The van der Waals surface area contributed by atoms with E-state index >= 15 is 0 Å². The van der Waals surface area contributed by atoms with E-state index in [4.69, 9.17) is 4.74 Å². The highest BCUT2D eigenvalue weighted by Crippen LogP contribution is 2.26. The molecule has 1 atom stereocenters. The molecule has 0 saturated heterocycles. The molecule has 106 valence electrons. The molecule has 1 N–H and O–H groups in total. The van der Waals surface area contributed by atoms with Crippen LogP contribution in [0.25, 0.3) is 0 Å². The average molecular weight is 274 g/mol. The molecule has 0 bridgehead atoms. The molecule has 1 aromatic carbocycles. The second-order valence-electron chi connectivity index (χ2n) is 4.69. The number of halogens is 1. The monoisotopic (exact) mass is 274 g/mol. The van der Waals surface area contributed by atoms with Crippen LogP contribution < -0.4 is 10.1 Å². The molecule has 3 nitrogen and oxygen atoms in total. The zero-order valence-corrected chi connectivity index (χ0v) is 12.0. The van der Waals surface area contributed by atoms with Gasteiger partial charge < -0.3 is 10.1 Å². The molecular weight excluding hydrogens is 255 g/mol. The Kier molecular flexibility index (Phi) is 4.56. The maximum Gasteiger partial charge on any atom is 0.141 e. The van der Waals surface area contributed by atoms with Gasteiger partial charge in [0.2, 0.25) is 0 Å². The summed E-state index contributed by atoms with van der Waals surface area (Å²) in [6.45, 7) is 4.09. The van der Waals surface area contributed by atoms with Gasteiger partial charge in [-0.05, 0) is 49.2 Å². The second kappa shape index (κ2) is 6.37. The lowest BCUT2D eigenvalue weighted by Gasteiger charge is -2.19. The number of pyridine rings is 1. The standard InChI is InChI=1S/C16H19FN2O/c1-4-14(16-7-5-12(17)10-18-16)19-15-8-6-13(20-3)9-11(15)2/h5-10,14,19H,4H2,1-3H3. The number of anilines is 1. The molecule has 4 heteroatoms. The van der Waals surface area contributed by atoms with Crippen LogP contribution in [-0.4, -0.2) is 12.1 Å².